The molecule has 1 rings (SSSR count). The van der Waals surface area contributed by atoms with Crippen LogP contribution in [0.5, 0.6) is 0 Å². The Bertz CT molecular complexity index is 377. The Morgan fingerprint density at radius 1 is 1.73 bits per heavy atom. The van der Waals surface area contributed by atoms with Crippen LogP contribution >= 0.6 is 11.6 Å². The van der Waals surface area contributed by atoms with E-state index in [0.717, 1.165) is 0 Å². The number of methoxy groups -OCH3 is 1. The van der Waals surface area contributed by atoms with E-state index in [1.165, 1.54) is 6.20 Å². The molecule has 0 spiro atoms. The topological polar surface area (TPSA) is 70.8 Å². The van der Waals surface area contributed by atoms with Crippen LogP contribution in [0.15, 0.2) is 6.20 Å². The second kappa shape index (κ2) is 5.49. The van der Waals surface area contributed by atoms with Gasteiger partial charge in [0.15, 0.2) is 0 Å². The second-order valence-corrected chi connectivity index (χ2v) is 3.35. The molecule has 80 valence electrons. The van der Waals surface area contributed by atoms with Crippen LogP contribution in [-0.4, -0.2) is 29.7 Å². The van der Waals surface area contributed by atoms with Crippen LogP contribution in [0, 0.1) is 11.3 Å². The molecule has 0 saturated carbocycles. The Morgan fingerprint density at radius 2 is 2.47 bits per heavy atom. The number of rotatable bonds is 4. The molecule has 0 fully saturated rings. The molecule has 0 bridgehead atoms. The molecule has 1 unspecified atom stereocenters. The number of ether oxygens (including phenoxy) is 1. The second-order valence-electron chi connectivity index (χ2n) is 3.01. The summed E-state index contributed by atoms with van der Waals surface area (Å²) in [7, 11) is 1.61. The van der Waals surface area contributed by atoms with Crippen LogP contribution in [-0.2, 0) is 4.74 Å². The van der Waals surface area contributed by atoms with Gasteiger partial charge in [0.05, 0.1) is 12.8 Å². The molecule has 0 aliphatic rings. The van der Waals surface area contributed by atoms with E-state index in [0.29, 0.717) is 18.0 Å². The van der Waals surface area contributed by atoms with Gasteiger partial charge in [-0.15, -0.1) is 0 Å². The van der Waals surface area contributed by atoms with Gasteiger partial charge < -0.3 is 10.1 Å². The summed E-state index contributed by atoms with van der Waals surface area (Å²) in [4.78, 5) is 7.66. The van der Waals surface area contributed by atoms with Crippen LogP contribution < -0.4 is 5.32 Å². The van der Waals surface area contributed by atoms with E-state index < -0.39 is 0 Å². The summed E-state index contributed by atoms with van der Waals surface area (Å²) < 4.78 is 4.96. The molecular weight excluding hydrogens is 216 g/mol. The van der Waals surface area contributed by atoms with Crippen LogP contribution in [0.25, 0.3) is 0 Å². The number of nitriles is 1. The third kappa shape index (κ3) is 3.35. The molecule has 6 heteroatoms. The van der Waals surface area contributed by atoms with E-state index in [1.54, 1.807) is 7.11 Å². The maximum atomic E-state index is 8.81. The Hall–Kier alpha value is -1.38. The summed E-state index contributed by atoms with van der Waals surface area (Å²) in [5, 5.41) is 11.9. The summed E-state index contributed by atoms with van der Waals surface area (Å²) >= 11 is 5.63. The highest BCUT2D eigenvalue weighted by Crippen LogP contribution is 2.13. The molecule has 5 nitrogen and oxygen atoms in total. The van der Waals surface area contributed by atoms with Gasteiger partial charge >= 0.3 is 0 Å². The maximum Gasteiger partial charge on any atom is 0.224 e. The summed E-state index contributed by atoms with van der Waals surface area (Å²) in [6.45, 7) is 2.44. The van der Waals surface area contributed by atoms with E-state index >= 15 is 0 Å². The SMILES string of the molecule is COCC(C)Nc1nc(Cl)ncc1C#N. The van der Waals surface area contributed by atoms with Crippen LogP contribution in [0.4, 0.5) is 5.82 Å². The van der Waals surface area contributed by atoms with Gasteiger partial charge in [-0.1, -0.05) is 0 Å². The maximum absolute atomic E-state index is 8.81. The van der Waals surface area contributed by atoms with Crippen molar-refractivity contribution in [2.24, 2.45) is 0 Å². The van der Waals surface area contributed by atoms with E-state index in [9.17, 15) is 0 Å². The molecule has 0 aliphatic carbocycles. The minimum Gasteiger partial charge on any atom is -0.383 e. The zero-order chi connectivity index (χ0) is 11.3. The molecule has 0 saturated heterocycles. The molecule has 15 heavy (non-hydrogen) atoms. The fourth-order valence-corrected chi connectivity index (χ4v) is 1.21. The van der Waals surface area contributed by atoms with Crippen molar-refractivity contribution in [2.75, 3.05) is 19.0 Å². The summed E-state index contributed by atoms with van der Waals surface area (Å²) in [5.74, 6) is 0.432. The van der Waals surface area contributed by atoms with Gasteiger partial charge in [-0.05, 0) is 18.5 Å². The fourth-order valence-electron chi connectivity index (χ4n) is 1.08. The van der Waals surface area contributed by atoms with Gasteiger partial charge in [0, 0.05) is 13.2 Å². The Kier molecular flexibility index (Phi) is 4.28. The predicted octanol–water partition coefficient (Wildman–Crippen LogP) is 1.45. The number of anilines is 1. The number of aromatic nitrogens is 2. The first-order valence-electron chi connectivity index (χ1n) is 4.35. The first-order chi connectivity index (χ1) is 7.17. The van der Waals surface area contributed by atoms with Crippen molar-refractivity contribution in [1.29, 1.82) is 5.26 Å². The lowest BCUT2D eigenvalue weighted by Crippen LogP contribution is -2.22. The van der Waals surface area contributed by atoms with Gasteiger partial charge in [0.2, 0.25) is 5.28 Å². The van der Waals surface area contributed by atoms with Gasteiger partial charge in [0.1, 0.15) is 17.5 Å². The average Bonchev–Trinajstić information content (AvgIpc) is 2.18. The lowest BCUT2D eigenvalue weighted by molar-refractivity contribution is 0.190. The van der Waals surface area contributed by atoms with E-state index in [1.807, 2.05) is 13.0 Å². The predicted molar refractivity (Wildman–Crippen MR) is 56.7 cm³/mol. The highest BCUT2D eigenvalue weighted by atomic mass is 35.5. The smallest absolute Gasteiger partial charge is 0.224 e. The Balaban J connectivity index is 2.83. The number of hydrogen-bond donors (Lipinski definition) is 1. The average molecular weight is 227 g/mol. The molecule has 1 atom stereocenters. The Labute approximate surface area is 93.1 Å². The number of halogens is 1. The summed E-state index contributed by atoms with van der Waals surface area (Å²) in [6.07, 6.45) is 1.39. The highest BCUT2D eigenvalue weighted by molar-refractivity contribution is 6.28. The highest BCUT2D eigenvalue weighted by Gasteiger charge is 2.08. The first kappa shape index (κ1) is 11.7. The van der Waals surface area contributed by atoms with Gasteiger partial charge in [0.25, 0.3) is 0 Å². The van der Waals surface area contributed by atoms with Crippen molar-refractivity contribution >= 4 is 17.4 Å². The minimum absolute atomic E-state index is 0.0491. The third-order valence-corrected chi connectivity index (χ3v) is 1.86. The molecule has 1 aromatic rings. The normalized spacial score (nSPS) is 11.9. The quantitative estimate of drug-likeness (QED) is 0.787. The molecule has 0 amide bonds. The third-order valence-electron chi connectivity index (χ3n) is 1.68. The molecule has 0 aliphatic heterocycles. The monoisotopic (exact) mass is 226 g/mol. The van der Waals surface area contributed by atoms with Gasteiger partial charge in [-0.3, -0.25) is 0 Å². The Morgan fingerprint density at radius 3 is 3.07 bits per heavy atom. The molecule has 1 aromatic heterocycles. The number of nitrogens with zero attached hydrogens (tertiary/aromatic N) is 3. The lowest BCUT2D eigenvalue weighted by Gasteiger charge is -2.13. The van der Waals surface area contributed by atoms with Crippen molar-refractivity contribution in [2.45, 2.75) is 13.0 Å². The minimum atomic E-state index is 0.0491. The van der Waals surface area contributed by atoms with Crippen LogP contribution in [0.1, 0.15) is 12.5 Å². The standard InChI is InChI=1S/C9H11ClN4O/c1-6(5-15-2)13-8-7(3-11)4-12-9(10)14-8/h4,6H,5H2,1-2H3,(H,12,13,14). The van der Waals surface area contributed by atoms with E-state index in [2.05, 4.69) is 15.3 Å². The zero-order valence-corrected chi connectivity index (χ0v) is 9.25. The van der Waals surface area contributed by atoms with Gasteiger partial charge in [-0.2, -0.15) is 10.2 Å². The lowest BCUT2D eigenvalue weighted by atomic mass is 10.3. The molecule has 0 radical (unpaired) electrons. The summed E-state index contributed by atoms with van der Waals surface area (Å²) in [5.41, 5.74) is 0.363. The van der Waals surface area contributed by atoms with Crippen molar-refractivity contribution < 1.29 is 4.74 Å². The van der Waals surface area contributed by atoms with E-state index in [4.69, 9.17) is 21.6 Å². The van der Waals surface area contributed by atoms with Crippen LogP contribution in [0.2, 0.25) is 5.28 Å². The van der Waals surface area contributed by atoms with Gasteiger partial charge in [-0.25, -0.2) is 4.98 Å². The molecule has 1 N–H and O–H groups in total. The van der Waals surface area contributed by atoms with Crippen molar-refractivity contribution in [3.63, 3.8) is 0 Å². The number of nitrogens with one attached hydrogen (secondary N) is 1. The van der Waals surface area contributed by atoms with Crippen molar-refractivity contribution in [3.8, 4) is 6.07 Å². The zero-order valence-electron chi connectivity index (χ0n) is 8.49. The summed E-state index contributed by atoms with van der Waals surface area (Å²) in [6, 6.07) is 2.03. The van der Waals surface area contributed by atoms with Crippen molar-refractivity contribution in [1.82, 2.24) is 9.97 Å². The fraction of sp³-hybridized carbons (Fsp3) is 0.444. The largest absolute Gasteiger partial charge is 0.383 e. The van der Waals surface area contributed by atoms with Crippen molar-refractivity contribution in [3.05, 3.63) is 17.0 Å². The van der Waals surface area contributed by atoms with E-state index in [-0.39, 0.29) is 11.3 Å². The molecule has 0 aromatic carbocycles. The molecular formula is C9H11ClN4O. The molecule has 1 heterocycles. The van der Waals surface area contributed by atoms with Crippen LogP contribution in [0.3, 0.4) is 0 Å². The number of hydrogen-bond acceptors (Lipinski definition) is 5. The first-order valence-corrected chi connectivity index (χ1v) is 4.73.